The number of benzene rings is 1. The van der Waals surface area contributed by atoms with Crippen LogP contribution in [0.1, 0.15) is 38.3 Å². The van der Waals surface area contributed by atoms with E-state index >= 15 is 0 Å². The molecule has 0 aromatic heterocycles. The molecule has 0 fully saturated rings. The first-order valence-electron chi connectivity index (χ1n) is 5.96. The molecule has 16 heavy (non-hydrogen) atoms. The second-order valence-electron chi connectivity index (χ2n) is 5.67. The number of nitrogens with zero attached hydrogens (tertiary/aromatic N) is 1. The van der Waals surface area contributed by atoms with Crippen molar-refractivity contribution >= 4 is 5.69 Å². The van der Waals surface area contributed by atoms with Crippen LogP contribution in [0, 0.1) is 12.7 Å². The summed E-state index contributed by atoms with van der Waals surface area (Å²) >= 11 is 0. The fraction of sp³-hybridized carbons (Fsp3) is 0.571. The predicted molar refractivity (Wildman–Crippen MR) is 66.6 cm³/mol. The van der Waals surface area contributed by atoms with E-state index in [-0.39, 0.29) is 11.4 Å². The van der Waals surface area contributed by atoms with Crippen LogP contribution in [0.5, 0.6) is 0 Å². The molecule has 0 saturated carbocycles. The highest BCUT2D eigenvalue weighted by Crippen LogP contribution is 2.34. The Hall–Kier alpha value is -1.05. The highest BCUT2D eigenvalue weighted by molar-refractivity contribution is 5.59. The zero-order valence-electron chi connectivity index (χ0n) is 10.6. The molecule has 2 heteroatoms. The molecule has 0 radical (unpaired) electrons. The molecule has 0 N–H and O–H groups in total. The van der Waals surface area contributed by atoms with Crippen molar-refractivity contribution < 1.29 is 4.39 Å². The molecule has 0 amide bonds. The van der Waals surface area contributed by atoms with E-state index < -0.39 is 0 Å². The first kappa shape index (κ1) is 11.4. The Morgan fingerprint density at radius 3 is 2.56 bits per heavy atom. The quantitative estimate of drug-likeness (QED) is 0.646. The summed E-state index contributed by atoms with van der Waals surface area (Å²) in [4.78, 5) is 2.32. The largest absolute Gasteiger partial charge is 0.366 e. The molecule has 1 aliphatic heterocycles. The molecule has 0 saturated heterocycles. The van der Waals surface area contributed by atoms with Gasteiger partial charge in [-0.1, -0.05) is 0 Å². The number of hydrogen-bond donors (Lipinski definition) is 0. The summed E-state index contributed by atoms with van der Waals surface area (Å²) in [7, 11) is 0. The second kappa shape index (κ2) is 3.76. The standard InChI is InChI=1S/C14H20FN/c1-10-8-12(15)11-6-5-7-16(13(11)9-10)14(2,3)4/h8-9H,5-7H2,1-4H3. The fourth-order valence-corrected chi connectivity index (χ4v) is 2.47. The number of hydrogen-bond acceptors (Lipinski definition) is 1. The van der Waals surface area contributed by atoms with E-state index in [0.717, 1.165) is 36.2 Å². The lowest BCUT2D eigenvalue weighted by atomic mass is 9.94. The first-order chi connectivity index (χ1) is 7.39. The Balaban J connectivity index is 2.54. The van der Waals surface area contributed by atoms with Crippen LogP contribution in [0.2, 0.25) is 0 Å². The summed E-state index contributed by atoms with van der Waals surface area (Å²) in [6.45, 7) is 9.53. The molecular formula is C14H20FN. The highest BCUT2D eigenvalue weighted by Gasteiger charge is 2.28. The molecular weight excluding hydrogens is 201 g/mol. The average Bonchev–Trinajstić information content (AvgIpc) is 2.15. The van der Waals surface area contributed by atoms with Crippen LogP contribution < -0.4 is 4.90 Å². The van der Waals surface area contributed by atoms with Gasteiger partial charge in [0, 0.05) is 23.3 Å². The van der Waals surface area contributed by atoms with E-state index in [2.05, 4.69) is 31.7 Å². The summed E-state index contributed by atoms with van der Waals surface area (Å²) in [5, 5.41) is 0. The molecule has 88 valence electrons. The van der Waals surface area contributed by atoms with E-state index in [1.165, 1.54) is 0 Å². The third-order valence-corrected chi connectivity index (χ3v) is 3.23. The van der Waals surface area contributed by atoms with Crippen molar-refractivity contribution in [2.24, 2.45) is 0 Å². The van der Waals surface area contributed by atoms with Crippen molar-refractivity contribution in [3.05, 3.63) is 29.1 Å². The van der Waals surface area contributed by atoms with Crippen LogP contribution >= 0.6 is 0 Å². The summed E-state index contributed by atoms with van der Waals surface area (Å²) in [5.41, 5.74) is 3.06. The minimum absolute atomic E-state index is 0.0380. The van der Waals surface area contributed by atoms with Gasteiger partial charge in [0.05, 0.1) is 0 Å². The second-order valence-corrected chi connectivity index (χ2v) is 5.67. The normalized spacial score (nSPS) is 16.2. The Bertz CT molecular complexity index is 404. The number of rotatable bonds is 0. The maximum atomic E-state index is 13.9. The number of halogens is 1. The molecule has 1 nitrogen and oxygen atoms in total. The van der Waals surface area contributed by atoms with Crippen molar-refractivity contribution in [2.75, 3.05) is 11.4 Å². The lowest BCUT2D eigenvalue weighted by Gasteiger charge is -2.42. The first-order valence-corrected chi connectivity index (χ1v) is 5.96. The van der Waals surface area contributed by atoms with E-state index in [1.54, 1.807) is 6.07 Å². The van der Waals surface area contributed by atoms with Gasteiger partial charge < -0.3 is 4.90 Å². The van der Waals surface area contributed by atoms with Crippen molar-refractivity contribution in [2.45, 2.75) is 46.1 Å². The average molecular weight is 221 g/mol. The van der Waals surface area contributed by atoms with Gasteiger partial charge in [-0.3, -0.25) is 0 Å². The van der Waals surface area contributed by atoms with Crippen molar-refractivity contribution in [3.8, 4) is 0 Å². The van der Waals surface area contributed by atoms with E-state index in [1.807, 2.05) is 6.92 Å². The van der Waals surface area contributed by atoms with Gasteiger partial charge in [-0.25, -0.2) is 4.39 Å². The monoisotopic (exact) mass is 221 g/mol. The number of fused-ring (bicyclic) bond motifs is 1. The minimum Gasteiger partial charge on any atom is -0.366 e. The van der Waals surface area contributed by atoms with Gasteiger partial charge in [-0.2, -0.15) is 0 Å². The van der Waals surface area contributed by atoms with Crippen molar-refractivity contribution in [1.29, 1.82) is 0 Å². The van der Waals surface area contributed by atoms with Crippen LogP contribution in [0.4, 0.5) is 10.1 Å². The lowest BCUT2D eigenvalue weighted by Crippen LogP contribution is -2.44. The third-order valence-electron chi connectivity index (χ3n) is 3.23. The molecule has 0 bridgehead atoms. The van der Waals surface area contributed by atoms with E-state index in [0.29, 0.717) is 0 Å². The topological polar surface area (TPSA) is 3.24 Å². The van der Waals surface area contributed by atoms with Crippen LogP contribution in [-0.2, 0) is 6.42 Å². The predicted octanol–water partition coefficient (Wildman–Crippen LogP) is 3.69. The molecule has 0 spiro atoms. The van der Waals surface area contributed by atoms with Crippen LogP contribution in [0.25, 0.3) is 0 Å². The molecule has 1 heterocycles. The van der Waals surface area contributed by atoms with Gasteiger partial charge in [0.1, 0.15) is 5.82 Å². The highest BCUT2D eigenvalue weighted by atomic mass is 19.1. The summed E-state index contributed by atoms with van der Waals surface area (Å²) in [6.07, 6.45) is 1.91. The Morgan fingerprint density at radius 2 is 1.94 bits per heavy atom. The van der Waals surface area contributed by atoms with Gasteiger partial charge >= 0.3 is 0 Å². The number of anilines is 1. The van der Waals surface area contributed by atoms with Crippen LogP contribution in [-0.4, -0.2) is 12.1 Å². The summed E-state index contributed by atoms with van der Waals surface area (Å²) in [5.74, 6) is -0.0380. The molecule has 0 unspecified atom stereocenters. The molecule has 1 aliphatic rings. The molecule has 0 atom stereocenters. The lowest BCUT2D eigenvalue weighted by molar-refractivity contribution is 0.476. The molecule has 1 aromatic rings. The minimum atomic E-state index is -0.0380. The van der Waals surface area contributed by atoms with Crippen molar-refractivity contribution in [3.63, 3.8) is 0 Å². The van der Waals surface area contributed by atoms with Gasteiger partial charge in [0.2, 0.25) is 0 Å². The number of aryl methyl sites for hydroxylation is 1. The summed E-state index contributed by atoms with van der Waals surface area (Å²) < 4.78 is 13.9. The smallest absolute Gasteiger partial charge is 0.128 e. The third kappa shape index (κ3) is 1.93. The van der Waals surface area contributed by atoms with Gasteiger partial charge in [-0.05, 0) is 58.2 Å². The molecule has 0 aliphatic carbocycles. The Labute approximate surface area is 97.3 Å². The maximum Gasteiger partial charge on any atom is 0.128 e. The zero-order chi connectivity index (χ0) is 11.9. The van der Waals surface area contributed by atoms with Crippen molar-refractivity contribution in [1.82, 2.24) is 0 Å². The Morgan fingerprint density at radius 1 is 1.25 bits per heavy atom. The Kier molecular flexibility index (Phi) is 2.69. The zero-order valence-corrected chi connectivity index (χ0v) is 10.6. The van der Waals surface area contributed by atoms with Gasteiger partial charge in [-0.15, -0.1) is 0 Å². The molecule has 2 rings (SSSR count). The van der Waals surface area contributed by atoms with E-state index in [4.69, 9.17) is 0 Å². The van der Waals surface area contributed by atoms with Gasteiger partial charge in [0.25, 0.3) is 0 Å². The summed E-state index contributed by atoms with van der Waals surface area (Å²) in [6, 6.07) is 3.76. The SMILES string of the molecule is Cc1cc(F)c2c(c1)N(C(C)(C)C)CCC2. The van der Waals surface area contributed by atoms with Gasteiger partial charge in [0.15, 0.2) is 0 Å². The van der Waals surface area contributed by atoms with Crippen LogP contribution in [0.3, 0.4) is 0 Å². The molecule has 1 aromatic carbocycles. The van der Waals surface area contributed by atoms with E-state index in [9.17, 15) is 4.39 Å². The van der Waals surface area contributed by atoms with Crippen LogP contribution in [0.15, 0.2) is 12.1 Å². The maximum absolute atomic E-state index is 13.9. The fourth-order valence-electron chi connectivity index (χ4n) is 2.47.